The van der Waals surface area contributed by atoms with Gasteiger partial charge in [-0.15, -0.1) is 11.3 Å². The predicted octanol–water partition coefficient (Wildman–Crippen LogP) is 3.56. The number of hydrogen-bond donors (Lipinski definition) is 1. The van der Waals surface area contributed by atoms with Gasteiger partial charge in [0.2, 0.25) is 0 Å². The van der Waals surface area contributed by atoms with Crippen molar-refractivity contribution in [1.29, 1.82) is 0 Å². The molecule has 0 bridgehead atoms. The molecule has 98 valence electrons. The lowest BCUT2D eigenvalue weighted by molar-refractivity contribution is -0.133. The molecule has 1 heterocycles. The first-order chi connectivity index (χ1) is 8.17. The highest BCUT2D eigenvalue weighted by molar-refractivity contribution is 9.10. The molecular weight excluding hydrogens is 302 g/mol. The minimum Gasteiger partial charge on any atom is -0.352 e. The van der Waals surface area contributed by atoms with E-state index < -0.39 is 0 Å². The van der Waals surface area contributed by atoms with E-state index in [-0.39, 0.29) is 6.29 Å². The minimum absolute atomic E-state index is 0.157. The van der Waals surface area contributed by atoms with Crippen molar-refractivity contribution in [2.24, 2.45) is 0 Å². The van der Waals surface area contributed by atoms with E-state index in [2.05, 4.69) is 39.6 Å². The number of thiophene rings is 1. The van der Waals surface area contributed by atoms with Crippen LogP contribution in [-0.4, -0.2) is 26.0 Å². The first kappa shape index (κ1) is 15.1. The van der Waals surface area contributed by atoms with Crippen LogP contribution in [0.1, 0.15) is 31.7 Å². The predicted molar refractivity (Wildman–Crippen MR) is 75.5 cm³/mol. The Hall–Kier alpha value is 0.0600. The van der Waals surface area contributed by atoms with E-state index in [1.165, 1.54) is 4.88 Å². The summed E-state index contributed by atoms with van der Waals surface area (Å²) in [6.07, 6.45) is -0.157. The summed E-state index contributed by atoms with van der Waals surface area (Å²) in [5.41, 5.74) is 0. The zero-order chi connectivity index (χ0) is 12.7. The van der Waals surface area contributed by atoms with Crippen LogP contribution in [0, 0.1) is 0 Å². The molecule has 0 saturated heterocycles. The summed E-state index contributed by atoms with van der Waals surface area (Å²) in [4.78, 5) is 1.31. The number of ether oxygens (including phenoxy) is 2. The molecule has 1 N–H and O–H groups in total. The van der Waals surface area contributed by atoms with Crippen LogP contribution in [0.3, 0.4) is 0 Å². The van der Waals surface area contributed by atoms with Crippen molar-refractivity contribution in [3.8, 4) is 0 Å². The molecular formula is C12H20BrNO2S. The van der Waals surface area contributed by atoms with Gasteiger partial charge in [-0.25, -0.2) is 0 Å². The van der Waals surface area contributed by atoms with E-state index >= 15 is 0 Å². The summed E-state index contributed by atoms with van der Waals surface area (Å²) in [5.74, 6) is 0. The average Bonchev–Trinajstić information content (AvgIpc) is 2.73. The maximum absolute atomic E-state index is 5.48. The normalized spacial score (nSPS) is 13.2. The Morgan fingerprint density at radius 3 is 2.47 bits per heavy atom. The van der Waals surface area contributed by atoms with Crippen molar-refractivity contribution in [3.05, 3.63) is 20.8 Å². The highest BCUT2D eigenvalue weighted by Crippen LogP contribution is 2.25. The Morgan fingerprint density at radius 1 is 1.35 bits per heavy atom. The second kappa shape index (κ2) is 8.21. The Kier molecular flexibility index (Phi) is 7.30. The lowest BCUT2D eigenvalue weighted by Gasteiger charge is -2.20. The minimum atomic E-state index is -0.157. The number of nitrogens with one attached hydrogen (secondary N) is 1. The van der Waals surface area contributed by atoms with Crippen LogP contribution in [-0.2, 0) is 9.47 Å². The van der Waals surface area contributed by atoms with Gasteiger partial charge in [0, 0.05) is 40.5 Å². The Balaban J connectivity index is 2.37. The molecule has 3 nitrogen and oxygen atoms in total. The SMILES string of the molecule is CCOC(CNC(C)c1cc(Br)cs1)OCC. The molecule has 1 aromatic rings. The fourth-order valence-corrected chi connectivity index (χ4v) is 2.94. The van der Waals surface area contributed by atoms with Gasteiger partial charge in [-0.05, 0) is 42.8 Å². The molecule has 0 spiro atoms. The first-order valence-electron chi connectivity index (χ1n) is 5.87. The van der Waals surface area contributed by atoms with Crippen LogP contribution in [0.4, 0.5) is 0 Å². The molecule has 0 radical (unpaired) electrons. The van der Waals surface area contributed by atoms with Gasteiger partial charge in [-0.1, -0.05) is 0 Å². The standard InChI is InChI=1S/C12H20BrNO2S/c1-4-15-12(16-5-2)7-14-9(3)11-6-10(13)8-17-11/h6,8-9,12,14H,4-5,7H2,1-3H3. The molecule has 0 aromatic carbocycles. The second-order valence-corrected chi connectivity index (χ2v) is 5.50. The molecule has 0 amide bonds. The van der Waals surface area contributed by atoms with Crippen LogP contribution >= 0.6 is 27.3 Å². The van der Waals surface area contributed by atoms with Crippen LogP contribution in [0.5, 0.6) is 0 Å². The van der Waals surface area contributed by atoms with Crippen molar-refractivity contribution in [2.75, 3.05) is 19.8 Å². The maximum atomic E-state index is 5.48. The van der Waals surface area contributed by atoms with Crippen LogP contribution in [0.25, 0.3) is 0 Å². The van der Waals surface area contributed by atoms with E-state index in [1.807, 2.05) is 13.8 Å². The van der Waals surface area contributed by atoms with Gasteiger partial charge < -0.3 is 14.8 Å². The van der Waals surface area contributed by atoms with Gasteiger partial charge in [0.25, 0.3) is 0 Å². The molecule has 17 heavy (non-hydrogen) atoms. The van der Waals surface area contributed by atoms with Gasteiger partial charge >= 0.3 is 0 Å². The lowest BCUT2D eigenvalue weighted by Crippen LogP contribution is -2.32. The molecule has 0 aliphatic rings. The van der Waals surface area contributed by atoms with Crippen molar-refractivity contribution < 1.29 is 9.47 Å². The molecule has 1 atom stereocenters. The smallest absolute Gasteiger partial charge is 0.169 e. The third kappa shape index (κ3) is 5.48. The summed E-state index contributed by atoms with van der Waals surface area (Å²) in [6.45, 7) is 8.15. The summed E-state index contributed by atoms with van der Waals surface area (Å²) in [6, 6.07) is 2.45. The monoisotopic (exact) mass is 321 g/mol. The van der Waals surface area contributed by atoms with Crippen LogP contribution in [0.15, 0.2) is 15.9 Å². The van der Waals surface area contributed by atoms with E-state index in [1.54, 1.807) is 11.3 Å². The second-order valence-electron chi connectivity index (χ2n) is 3.64. The van der Waals surface area contributed by atoms with E-state index in [9.17, 15) is 0 Å². The maximum Gasteiger partial charge on any atom is 0.169 e. The fourth-order valence-electron chi connectivity index (χ4n) is 1.47. The Labute approximate surface area is 116 Å². The van der Waals surface area contributed by atoms with Crippen molar-refractivity contribution in [2.45, 2.75) is 33.1 Å². The summed E-state index contributed by atoms with van der Waals surface area (Å²) in [7, 11) is 0. The van der Waals surface area contributed by atoms with Crippen molar-refractivity contribution >= 4 is 27.3 Å². The van der Waals surface area contributed by atoms with Crippen LogP contribution < -0.4 is 5.32 Å². The molecule has 1 unspecified atom stereocenters. The fraction of sp³-hybridized carbons (Fsp3) is 0.667. The molecule has 1 aromatic heterocycles. The quantitative estimate of drug-likeness (QED) is 0.742. The molecule has 0 aliphatic carbocycles. The molecule has 0 fully saturated rings. The van der Waals surface area contributed by atoms with Crippen LogP contribution in [0.2, 0.25) is 0 Å². The average molecular weight is 322 g/mol. The van der Waals surface area contributed by atoms with Gasteiger partial charge in [0.1, 0.15) is 0 Å². The summed E-state index contributed by atoms with van der Waals surface area (Å²) in [5, 5.41) is 5.51. The highest BCUT2D eigenvalue weighted by Gasteiger charge is 2.12. The Morgan fingerprint density at radius 2 is 2.00 bits per heavy atom. The van der Waals surface area contributed by atoms with Gasteiger partial charge in [0.05, 0.1) is 0 Å². The third-order valence-corrected chi connectivity index (χ3v) is 4.19. The van der Waals surface area contributed by atoms with Crippen molar-refractivity contribution in [3.63, 3.8) is 0 Å². The summed E-state index contributed by atoms with van der Waals surface area (Å²) >= 11 is 5.21. The van der Waals surface area contributed by atoms with E-state index in [0.717, 1.165) is 4.47 Å². The van der Waals surface area contributed by atoms with Gasteiger partial charge in [-0.3, -0.25) is 0 Å². The molecule has 1 rings (SSSR count). The topological polar surface area (TPSA) is 30.5 Å². The molecule has 0 saturated carbocycles. The number of rotatable bonds is 8. The van der Waals surface area contributed by atoms with Gasteiger partial charge in [-0.2, -0.15) is 0 Å². The zero-order valence-corrected chi connectivity index (χ0v) is 12.9. The lowest BCUT2D eigenvalue weighted by atomic mass is 10.3. The van der Waals surface area contributed by atoms with Gasteiger partial charge in [0.15, 0.2) is 6.29 Å². The third-order valence-electron chi connectivity index (χ3n) is 2.31. The molecule has 5 heteroatoms. The summed E-state index contributed by atoms with van der Waals surface area (Å²) < 4.78 is 12.1. The van der Waals surface area contributed by atoms with E-state index in [0.29, 0.717) is 25.8 Å². The van der Waals surface area contributed by atoms with Crippen molar-refractivity contribution in [1.82, 2.24) is 5.32 Å². The highest BCUT2D eigenvalue weighted by atomic mass is 79.9. The first-order valence-corrected chi connectivity index (χ1v) is 7.55. The number of halogens is 1. The number of hydrogen-bond acceptors (Lipinski definition) is 4. The largest absolute Gasteiger partial charge is 0.352 e. The zero-order valence-electron chi connectivity index (χ0n) is 10.5. The Bertz CT molecular complexity index is 313. The van der Waals surface area contributed by atoms with E-state index in [4.69, 9.17) is 9.47 Å². The molecule has 0 aliphatic heterocycles.